The number of fused-ring (bicyclic) bond motifs is 1. The molecule has 2 nitrogen and oxygen atoms in total. The summed E-state index contributed by atoms with van der Waals surface area (Å²) >= 11 is 0. The minimum Gasteiger partial charge on any atom is -0.210 e. The first kappa shape index (κ1) is 13.2. The van der Waals surface area contributed by atoms with Crippen LogP contribution in [0.5, 0.6) is 0 Å². The normalized spacial score (nSPS) is 21.5. The highest BCUT2D eigenvalue weighted by Crippen LogP contribution is 2.45. The molecule has 0 heterocycles. The van der Waals surface area contributed by atoms with Crippen molar-refractivity contribution in [3.05, 3.63) is 41.0 Å². The smallest absolute Gasteiger partial charge is 0.210 e. The van der Waals surface area contributed by atoms with Gasteiger partial charge in [0.15, 0.2) is 0 Å². The minimum absolute atomic E-state index is 0.00224. The molecule has 1 aliphatic carbocycles. The molecular formula is C15H12F2N2. The van der Waals surface area contributed by atoms with Crippen molar-refractivity contribution in [2.75, 3.05) is 0 Å². The maximum Gasteiger partial charge on any atom is 0.245 e. The first-order chi connectivity index (χ1) is 9.10. The molecule has 0 saturated heterocycles. The quantitative estimate of drug-likeness (QED) is 0.718. The lowest BCUT2D eigenvalue weighted by Gasteiger charge is -2.31. The fraction of sp³-hybridized carbons (Fsp3) is 0.333. The molecule has 1 aliphatic rings. The van der Waals surface area contributed by atoms with Gasteiger partial charge in [-0.15, -0.1) is 0 Å². The number of halogens is 2. The van der Waals surface area contributed by atoms with Crippen molar-refractivity contribution in [3.63, 3.8) is 0 Å². The van der Waals surface area contributed by atoms with Gasteiger partial charge in [0, 0.05) is 5.92 Å². The minimum atomic E-state index is -2.57. The van der Waals surface area contributed by atoms with E-state index in [9.17, 15) is 8.78 Å². The van der Waals surface area contributed by atoms with Crippen LogP contribution >= 0.6 is 0 Å². The van der Waals surface area contributed by atoms with Crippen LogP contribution in [0.25, 0.3) is 5.57 Å². The van der Waals surface area contributed by atoms with Gasteiger partial charge in [0.1, 0.15) is 17.7 Å². The summed E-state index contributed by atoms with van der Waals surface area (Å²) < 4.78 is 26.4. The molecule has 1 aromatic carbocycles. The third-order valence-electron chi connectivity index (χ3n) is 3.56. The molecule has 2 unspecified atom stereocenters. The topological polar surface area (TPSA) is 47.6 Å². The van der Waals surface area contributed by atoms with Crippen LogP contribution in [0.3, 0.4) is 0 Å². The van der Waals surface area contributed by atoms with Crippen LogP contribution in [-0.2, 0) is 0 Å². The summed E-state index contributed by atoms with van der Waals surface area (Å²) in [6.45, 7) is 1.89. The van der Waals surface area contributed by atoms with Gasteiger partial charge >= 0.3 is 0 Å². The zero-order valence-corrected chi connectivity index (χ0v) is 10.4. The molecule has 0 radical (unpaired) electrons. The number of alkyl halides is 2. The summed E-state index contributed by atoms with van der Waals surface area (Å²) in [5.74, 6) is -1.04. The lowest BCUT2D eigenvalue weighted by Crippen LogP contribution is -2.23. The first-order valence-corrected chi connectivity index (χ1v) is 6.02. The molecule has 0 saturated carbocycles. The van der Waals surface area contributed by atoms with E-state index in [0.29, 0.717) is 5.56 Å². The van der Waals surface area contributed by atoms with Crippen LogP contribution < -0.4 is 0 Å². The molecule has 0 spiro atoms. The molecule has 0 N–H and O–H groups in total. The van der Waals surface area contributed by atoms with Crippen molar-refractivity contribution in [2.24, 2.45) is 5.92 Å². The molecule has 2 atom stereocenters. The van der Waals surface area contributed by atoms with E-state index in [4.69, 9.17) is 10.5 Å². The Hall–Kier alpha value is -2.20. The highest BCUT2D eigenvalue weighted by Gasteiger charge is 2.36. The summed E-state index contributed by atoms with van der Waals surface area (Å²) in [4.78, 5) is 0. The number of rotatable bonds is 1. The summed E-state index contributed by atoms with van der Waals surface area (Å²) in [7, 11) is 0. The molecule has 0 aliphatic heterocycles. The van der Waals surface area contributed by atoms with E-state index in [2.05, 4.69) is 0 Å². The summed E-state index contributed by atoms with van der Waals surface area (Å²) in [6.07, 6.45) is -2.31. The molecule has 96 valence electrons. The summed E-state index contributed by atoms with van der Waals surface area (Å²) in [5.41, 5.74) is 1.54. The second kappa shape index (κ2) is 5.20. The van der Waals surface area contributed by atoms with E-state index in [1.807, 2.05) is 19.1 Å². The predicted molar refractivity (Wildman–Crippen MR) is 67.1 cm³/mol. The number of nitriles is 2. The highest BCUT2D eigenvalue weighted by atomic mass is 19.3. The lowest BCUT2D eigenvalue weighted by atomic mass is 9.73. The first-order valence-electron chi connectivity index (χ1n) is 6.02. The Labute approximate surface area is 110 Å². The van der Waals surface area contributed by atoms with Gasteiger partial charge in [0.05, 0.1) is 0 Å². The molecule has 4 heteroatoms. The van der Waals surface area contributed by atoms with E-state index in [0.717, 1.165) is 5.56 Å². The molecule has 0 bridgehead atoms. The van der Waals surface area contributed by atoms with Gasteiger partial charge in [-0.1, -0.05) is 31.2 Å². The maximum atomic E-state index is 13.2. The fourth-order valence-electron chi connectivity index (χ4n) is 2.69. The van der Waals surface area contributed by atoms with Crippen molar-refractivity contribution in [3.8, 4) is 12.1 Å². The maximum absolute atomic E-state index is 13.2. The van der Waals surface area contributed by atoms with Crippen molar-refractivity contribution >= 4 is 5.57 Å². The Morgan fingerprint density at radius 1 is 1.26 bits per heavy atom. The van der Waals surface area contributed by atoms with Crippen LogP contribution in [0.15, 0.2) is 29.8 Å². The zero-order valence-electron chi connectivity index (χ0n) is 10.4. The Kier molecular flexibility index (Phi) is 3.62. The second-order valence-corrected chi connectivity index (χ2v) is 4.68. The van der Waals surface area contributed by atoms with E-state index in [-0.39, 0.29) is 23.5 Å². The van der Waals surface area contributed by atoms with Crippen molar-refractivity contribution < 1.29 is 8.78 Å². The van der Waals surface area contributed by atoms with Gasteiger partial charge in [-0.3, -0.25) is 0 Å². The molecule has 1 aromatic rings. The number of allylic oxidation sites excluding steroid dienone is 2. The van der Waals surface area contributed by atoms with E-state index in [1.165, 1.54) is 0 Å². The predicted octanol–water partition coefficient (Wildman–Crippen LogP) is 3.88. The van der Waals surface area contributed by atoms with E-state index >= 15 is 0 Å². The molecule has 0 amide bonds. The fourth-order valence-corrected chi connectivity index (χ4v) is 2.69. The van der Waals surface area contributed by atoms with Crippen LogP contribution in [0.4, 0.5) is 8.78 Å². The number of hydrogen-bond donors (Lipinski definition) is 0. The van der Waals surface area contributed by atoms with Crippen LogP contribution in [0.1, 0.15) is 30.4 Å². The highest BCUT2D eigenvalue weighted by molar-refractivity contribution is 5.80. The molecule has 19 heavy (non-hydrogen) atoms. The summed E-state index contributed by atoms with van der Waals surface area (Å²) in [6, 6.07) is 10.7. The Morgan fingerprint density at radius 3 is 2.47 bits per heavy atom. The molecule has 0 fully saturated rings. The number of benzene rings is 1. The third-order valence-corrected chi connectivity index (χ3v) is 3.56. The van der Waals surface area contributed by atoms with Gasteiger partial charge in [-0.05, 0) is 29.0 Å². The van der Waals surface area contributed by atoms with Gasteiger partial charge in [0.2, 0.25) is 6.43 Å². The Balaban J connectivity index is 2.72. The number of nitrogens with zero attached hydrogens (tertiary/aromatic N) is 2. The Bertz CT molecular complexity index is 589. The van der Waals surface area contributed by atoms with E-state index < -0.39 is 12.3 Å². The van der Waals surface area contributed by atoms with Crippen LogP contribution in [0, 0.1) is 28.6 Å². The SMILES string of the molecule is CC1CC(C(F)F)C(=C(C#N)C#N)c2ccccc21. The van der Waals surface area contributed by atoms with Crippen molar-refractivity contribution in [2.45, 2.75) is 25.7 Å². The monoisotopic (exact) mass is 258 g/mol. The van der Waals surface area contributed by atoms with Crippen LogP contribution in [-0.4, -0.2) is 6.43 Å². The second-order valence-electron chi connectivity index (χ2n) is 4.68. The largest absolute Gasteiger partial charge is 0.245 e. The van der Waals surface area contributed by atoms with Crippen LogP contribution in [0.2, 0.25) is 0 Å². The third kappa shape index (κ3) is 2.22. The van der Waals surface area contributed by atoms with Gasteiger partial charge in [0.25, 0.3) is 0 Å². The van der Waals surface area contributed by atoms with Gasteiger partial charge < -0.3 is 0 Å². The Morgan fingerprint density at radius 2 is 1.89 bits per heavy atom. The molecule has 0 aromatic heterocycles. The zero-order chi connectivity index (χ0) is 14.0. The summed E-state index contributed by atoms with van der Waals surface area (Å²) in [5, 5.41) is 18.0. The van der Waals surface area contributed by atoms with E-state index in [1.54, 1.807) is 24.3 Å². The van der Waals surface area contributed by atoms with Crippen molar-refractivity contribution in [1.29, 1.82) is 10.5 Å². The molecular weight excluding hydrogens is 246 g/mol. The van der Waals surface area contributed by atoms with Gasteiger partial charge in [-0.25, -0.2) is 8.78 Å². The molecule has 2 rings (SSSR count). The number of hydrogen-bond acceptors (Lipinski definition) is 2. The van der Waals surface area contributed by atoms with Crippen molar-refractivity contribution in [1.82, 2.24) is 0 Å². The lowest BCUT2D eigenvalue weighted by molar-refractivity contribution is 0.0956. The standard InChI is InChI=1S/C15H12F2N2/c1-9-6-13(15(16)17)14(10(7-18)8-19)12-5-3-2-4-11(9)12/h2-5,9,13,15H,6H2,1H3. The average Bonchev–Trinajstić information content (AvgIpc) is 2.42. The van der Waals surface area contributed by atoms with Gasteiger partial charge in [-0.2, -0.15) is 10.5 Å². The average molecular weight is 258 g/mol.